The Labute approximate surface area is 256 Å². The van der Waals surface area contributed by atoms with Crippen molar-refractivity contribution in [2.24, 2.45) is 26.8 Å². The van der Waals surface area contributed by atoms with E-state index in [2.05, 4.69) is 69.6 Å². The lowest BCUT2D eigenvalue weighted by atomic mass is 9.82. The predicted molar refractivity (Wildman–Crippen MR) is 173 cm³/mol. The van der Waals surface area contributed by atoms with Crippen LogP contribution in [0.1, 0.15) is 80.1 Å². The molecule has 0 spiro atoms. The van der Waals surface area contributed by atoms with Crippen molar-refractivity contribution in [3.8, 4) is 0 Å². The van der Waals surface area contributed by atoms with Crippen LogP contribution in [-0.4, -0.2) is 35.3 Å². The molecule has 6 rings (SSSR count). The van der Waals surface area contributed by atoms with Crippen LogP contribution in [0.2, 0.25) is 0 Å². The lowest BCUT2D eigenvalue weighted by Gasteiger charge is -2.20. The summed E-state index contributed by atoms with van der Waals surface area (Å²) >= 11 is 3.95. The topological polar surface area (TPSA) is 83.6 Å². The lowest BCUT2D eigenvalue weighted by molar-refractivity contribution is -0.140. The molecule has 0 aromatic carbocycles. The summed E-state index contributed by atoms with van der Waals surface area (Å²) in [5, 5.41) is 11.3. The Morgan fingerprint density at radius 2 is 1.67 bits per heavy atom. The van der Waals surface area contributed by atoms with Gasteiger partial charge in [0.15, 0.2) is 0 Å². The van der Waals surface area contributed by atoms with Crippen molar-refractivity contribution in [2.75, 3.05) is 7.11 Å². The number of aliphatic imine (C=N–C) groups is 3. The van der Waals surface area contributed by atoms with E-state index in [1.807, 2.05) is 0 Å². The Morgan fingerprint density at radius 3 is 2.36 bits per heavy atom. The van der Waals surface area contributed by atoms with Crippen LogP contribution in [0.5, 0.6) is 0 Å². The molecule has 0 unspecified atom stereocenters. The van der Waals surface area contributed by atoms with E-state index in [1.165, 1.54) is 29.4 Å². The standard InChI is InChI=1S/C35H38BrN3O3/c1-8-21-17(4)26-15-28-22(9-2)18(5)33(38-28)32(36)34-19(6)23(10-11-30(41)42-7)35(39-34)25-14-29(40)31-16(3)20(12-24(25)31)13-27(21)37-26/h13,15,19,23,40H,8-12,14H2,1-7H3/t19-,23-/m0/s1. The molecule has 0 aromatic heterocycles. The van der Waals surface area contributed by atoms with Crippen LogP contribution in [0.25, 0.3) is 0 Å². The minimum atomic E-state index is -0.220. The van der Waals surface area contributed by atoms with Crippen molar-refractivity contribution in [3.05, 3.63) is 89.6 Å². The van der Waals surface area contributed by atoms with E-state index in [0.717, 1.165) is 85.8 Å². The number of hydrogen-bond acceptors (Lipinski definition) is 6. The molecule has 0 fully saturated rings. The zero-order valence-corrected chi connectivity index (χ0v) is 27.1. The summed E-state index contributed by atoms with van der Waals surface area (Å²) in [6.07, 6.45) is 8.25. The highest BCUT2D eigenvalue weighted by atomic mass is 79.9. The van der Waals surface area contributed by atoms with Gasteiger partial charge < -0.3 is 9.84 Å². The molecule has 4 aliphatic heterocycles. The van der Waals surface area contributed by atoms with Crippen LogP contribution >= 0.6 is 15.9 Å². The van der Waals surface area contributed by atoms with Crippen molar-refractivity contribution in [1.29, 1.82) is 0 Å². The molecule has 4 heterocycles. The van der Waals surface area contributed by atoms with E-state index in [-0.39, 0.29) is 17.8 Å². The van der Waals surface area contributed by atoms with E-state index < -0.39 is 0 Å². The molecule has 6 nitrogen and oxygen atoms in total. The number of methoxy groups -OCH3 is 1. The summed E-state index contributed by atoms with van der Waals surface area (Å²) in [4.78, 5) is 27.9. The number of rotatable bonds is 5. The highest BCUT2D eigenvalue weighted by Gasteiger charge is 2.42. The Bertz CT molecular complexity index is 1700. The maximum absolute atomic E-state index is 12.2. The van der Waals surface area contributed by atoms with Crippen molar-refractivity contribution >= 4 is 39.0 Å². The van der Waals surface area contributed by atoms with Gasteiger partial charge in [0, 0.05) is 36.0 Å². The maximum atomic E-state index is 12.2. The third-order valence-electron chi connectivity index (χ3n) is 9.81. The summed E-state index contributed by atoms with van der Waals surface area (Å²) in [5.41, 5.74) is 16.0. The number of halogens is 1. The second-order valence-electron chi connectivity index (χ2n) is 11.9. The van der Waals surface area contributed by atoms with Gasteiger partial charge in [-0.05, 0) is 119 Å². The Hall–Kier alpha value is -3.32. The largest absolute Gasteiger partial charge is 0.511 e. The van der Waals surface area contributed by atoms with E-state index in [1.54, 1.807) is 0 Å². The Kier molecular flexibility index (Phi) is 7.37. The SMILES string of the molecule is CCC1=C(C)C2=NC1=CC1=C(C)C3=C(O)CC(=C3C1)C1=NC(=C(Br)C3=NC(=C2)C(CC)=C3C)[C@@H](C)[C@@H]1CCC(=O)OC. The van der Waals surface area contributed by atoms with Gasteiger partial charge in [-0.3, -0.25) is 9.79 Å². The fourth-order valence-corrected chi connectivity index (χ4v) is 8.23. The van der Waals surface area contributed by atoms with Crippen LogP contribution in [0.3, 0.4) is 0 Å². The third kappa shape index (κ3) is 4.34. The van der Waals surface area contributed by atoms with Gasteiger partial charge in [-0.15, -0.1) is 0 Å². The minimum Gasteiger partial charge on any atom is -0.511 e. The molecule has 0 amide bonds. The number of aliphatic hydroxyl groups excluding tert-OH is 1. The van der Waals surface area contributed by atoms with Crippen LogP contribution < -0.4 is 0 Å². The van der Waals surface area contributed by atoms with Crippen LogP contribution in [0.4, 0.5) is 0 Å². The quantitative estimate of drug-likeness (QED) is 0.310. The first-order valence-corrected chi connectivity index (χ1v) is 15.8. The average Bonchev–Trinajstić information content (AvgIpc) is 3.72. The van der Waals surface area contributed by atoms with E-state index in [0.29, 0.717) is 25.0 Å². The third-order valence-corrected chi connectivity index (χ3v) is 10.6. The molecule has 0 saturated carbocycles. The zero-order chi connectivity index (χ0) is 30.0. The summed E-state index contributed by atoms with van der Waals surface area (Å²) in [7, 11) is 1.43. The van der Waals surface area contributed by atoms with Gasteiger partial charge >= 0.3 is 5.97 Å². The first kappa shape index (κ1) is 28.8. The monoisotopic (exact) mass is 627 g/mol. The minimum absolute atomic E-state index is 0.0190. The number of esters is 1. The molecule has 0 radical (unpaired) electrons. The van der Waals surface area contributed by atoms with Crippen molar-refractivity contribution in [2.45, 2.75) is 80.1 Å². The number of carbonyl (C=O) groups excluding carboxylic acids is 1. The molecule has 0 aromatic rings. The average molecular weight is 629 g/mol. The molecule has 2 aliphatic carbocycles. The summed E-state index contributed by atoms with van der Waals surface area (Å²) in [6.45, 7) is 12.9. The molecule has 42 heavy (non-hydrogen) atoms. The van der Waals surface area contributed by atoms with E-state index >= 15 is 0 Å². The van der Waals surface area contributed by atoms with Crippen LogP contribution in [0, 0.1) is 11.8 Å². The Balaban J connectivity index is 1.61. The Morgan fingerprint density at radius 1 is 0.976 bits per heavy atom. The molecule has 7 heteroatoms. The highest BCUT2D eigenvalue weighted by Crippen LogP contribution is 2.51. The first-order valence-electron chi connectivity index (χ1n) is 15.0. The molecule has 2 atom stereocenters. The molecule has 218 valence electrons. The van der Waals surface area contributed by atoms with Gasteiger partial charge in [-0.1, -0.05) is 20.8 Å². The van der Waals surface area contributed by atoms with Crippen molar-refractivity contribution < 1.29 is 14.6 Å². The van der Waals surface area contributed by atoms with Crippen molar-refractivity contribution in [3.63, 3.8) is 0 Å². The second kappa shape index (κ2) is 10.7. The molecular formula is C35H38BrN3O3. The smallest absolute Gasteiger partial charge is 0.305 e. The predicted octanol–water partition coefficient (Wildman–Crippen LogP) is 8.63. The number of carbonyl (C=O) groups is 1. The van der Waals surface area contributed by atoms with Gasteiger partial charge in [-0.2, -0.15) is 0 Å². The number of aliphatic hydroxyl groups is 1. The molecule has 6 aliphatic rings. The summed E-state index contributed by atoms with van der Waals surface area (Å²) in [5.74, 6) is 0.257. The fourth-order valence-electron chi connectivity index (χ4n) is 7.39. The van der Waals surface area contributed by atoms with Gasteiger partial charge in [-0.25, -0.2) is 9.98 Å². The van der Waals surface area contributed by atoms with Gasteiger partial charge in [0.25, 0.3) is 0 Å². The maximum Gasteiger partial charge on any atom is 0.305 e. The van der Waals surface area contributed by atoms with E-state index in [9.17, 15) is 9.90 Å². The lowest BCUT2D eigenvalue weighted by Crippen LogP contribution is -2.21. The summed E-state index contributed by atoms with van der Waals surface area (Å²) in [6, 6.07) is 0. The van der Waals surface area contributed by atoms with E-state index in [4.69, 9.17) is 19.7 Å². The second-order valence-corrected chi connectivity index (χ2v) is 12.7. The highest BCUT2D eigenvalue weighted by molar-refractivity contribution is 9.12. The number of nitrogens with zero attached hydrogens (tertiary/aromatic N) is 3. The van der Waals surface area contributed by atoms with Crippen molar-refractivity contribution in [1.82, 2.24) is 0 Å². The van der Waals surface area contributed by atoms with Gasteiger partial charge in [0.1, 0.15) is 5.76 Å². The number of allylic oxidation sites excluding steroid dienone is 13. The molecule has 0 saturated heterocycles. The number of fused-ring (bicyclic) bond motifs is 5. The molecule has 8 bridgehead atoms. The first-order chi connectivity index (χ1) is 20.1. The van der Waals surface area contributed by atoms with Crippen LogP contribution in [0.15, 0.2) is 105 Å². The number of hydrogen-bond donors (Lipinski definition) is 1. The summed E-state index contributed by atoms with van der Waals surface area (Å²) < 4.78 is 5.89. The fraction of sp³-hybridized carbons (Fsp3) is 0.429. The van der Waals surface area contributed by atoms with Crippen LogP contribution in [-0.2, 0) is 9.53 Å². The zero-order valence-electron chi connectivity index (χ0n) is 25.5. The van der Waals surface area contributed by atoms with Gasteiger partial charge in [0.2, 0.25) is 0 Å². The molecule has 1 N–H and O–H groups in total. The normalized spacial score (nSPS) is 25.2. The molecular weight excluding hydrogens is 590 g/mol. The number of ether oxygens (including phenoxy) is 1. The van der Waals surface area contributed by atoms with Gasteiger partial charge in [0.05, 0.1) is 40.1 Å².